The Balaban J connectivity index is 2.57. The lowest BCUT2D eigenvalue weighted by molar-refractivity contribution is 0.247. The van der Waals surface area contributed by atoms with E-state index in [0.29, 0.717) is 11.8 Å². The van der Waals surface area contributed by atoms with Crippen LogP contribution in [0.25, 0.3) is 0 Å². The highest BCUT2D eigenvalue weighted by Crippen LogP contribution is 2.24. The van der Waals surface area contributed by atoms with Gasteiger partial charge in [-0.3, -0.25) is 0 Å². The Morgan fingerprint density at radius 2 is 2.22 bits per heavy atom. The Morgan fingerprint density at radius 3 is 2.83 bits per heavy atom. The second-order valence-electron chi connectivity index (χ2n) is 4.90. The summed E-state index contributed by atoms with van der Waals surface area (Å²) in [5.41, 5.74) is 0.0897. The van der Waals surface area contributed by atoms with Crippen molar-refractivity contribution in [2.45, 2.75) is 26.7 Å². The maximum Gasteiger partial charge on any atom is 0.232 e. The molecule has 0 spiro atoms. The Morgan fingerprint density at radius 1 is 1.50 bits per heavy atom. The molecule has 0 unspecified atom stereocenters. The molecular formula is C12H20BrN3O2. The van der Waals surface area contributed by atoms with Crippen molar-refractivity contribution in [3.63, 3.8) is 0 Å². The number of ether oxygens (including phenoxy) is 1. The van der Waals surface area contributed by atoms with Gasteiger partial charge < -0.3 is 15.2 Å². The lowest BCUT2D eigenvalue weighted by Crippen LogP contribution is -2.24. The zero-order valence-corrected chi connectivity index (χ0v) is 12.6. The number of nitrogens with one attached hydrogen (secondary N) is 1. The summed E-state index contributed by atoms with van der Waals surface area (Å²) in [6.45, 7) is 5.27. The van der Waals surface area contributed by atoms with Gasteiger partial charge in [0.1, 0.15) is 0 Å². The predicted molar refractivity (Wildman–Crippen MR) is 74.9 cm³/mol. The summed E-state index contributed by atoms with van der Waals surface area (Å²) in [6, 6.07) is 0. The third kappa shape index (κ3) is 4.78. The van der Waals surface area contributed by atoms with Crippen LogP contribution in [-0.4, -0.2) is 35.3 Å². The van der Waals surface area contributed by atoms with E-state index in [4.69, 9.17) is 9.84 Å². The normalized spacial score (nSPS) is 11.4. The molecule has 0 aromatic carbocycles. The van der Waals surface area contributed by atoms with E-state index in [1.165, 1.54) is 0 Å². The molecule has 0 aliphatic carbocycles. The van der Waals surface area contributed by atoms with Gasteiger partial charge in [-0.05, 0) is 34.2 Å². The van der Waals surface area contributed by atoms with Crippen molar-refractivity contribution in [2.24, 2.45) is 5.41 Å². The van der Waals surface area contributed by atoms with Gasteiger partial charge in [-0.1, -0.05) is 13.8 Å². The molecule has 0 saturated heterocycles. The standard InChI is InChI=1S/C12H20BrN3O2/c1-12(2,5-4-6-17)8-15-11-14-7-9(13)10(16-11)18-3/h7,17H,4-6,8H2,1-3H3,(H,14,15,16). The maximum atomic E-state index is 8.85. The van der Waals surface area contributed by atoms with Crippen LogP contribution in [0, 0.1) is 5.41 Å². The molecule has 1 aromatic heterocycles. The molecule has 0 radical (unpaired) electrons. The van der Waals surface area contributed by atoms with Crippen molar-refractivity contribution in [2.75, 3.05) is 25.6 Å². The number of hydrogen-bond donors (Lipinski definition) is 2. The largest absolute Gasteiger partial charge is 0.480 e. The molecule has 5 nitrogen and oxygen atoms in total. The van der Waals surface area contributed by atoms with Gasteiger partial charge in [-0.15, -0.1) is 0 Å². The molecule has 0 aliphatic rings. The first-order valence-electron chi connectivity index (χ1n) is 5.90. The van der Waals surface area contributed by atoms with E-state index >= 15 is 0 Å². The fraction of sp³-hybridized carbons (Fsp3) is 0.667. The van der Waals surface area contributed by atoms with Gasteiger partial charge >= 0.3 is 0 Å². The molecule has 0 aliphatic heterocycles. The van der Waals surface area contributed by atoms with Gasteiger partial charge in [-0.2, -0.15) is 4.98 Å². The summed E-state index contributed by atoms with van der Waals surface area (Å²) in [6.07, 6.45) is 3.41. The van der Waals surface area contributed by atoms with Crippen LogP contribution in [-0.2, 0) is 0 Å². The predicted octanol–water partition coefficient (Wildman–Crippen LogP) is 2.46. The Bertz CT molecular complexity index is 386. The number of hydrogen-bond acceptors (Lipinski definition) is 5. The second-order valence-corrected chi connectivity index (χ2v) is 5.75. The van der Waals surface area contributed by atoms with Gasteiger partial charge in [0, 0.05) is 13.2 Å². The van der Waals surface area contributed by atoms with Crippen LogP contribution in [0.15, 0.2) is 10.7 Å². The number of aliphatic hydroxyl groups excluding tert-OH is 1. The minimum Gasteiger partial charge on any atom is -0.480 e. The Hall–Kier alpha value is -0.880. The highest BCUT2D eigenvalue weighted by molar-refractivity contribution is 9.10. The fourth-order valence-corrected chi connectivity index (χ4v) is 1.90. The first kappa shape index (κ1) is 15.2. The average Bonchev–Trinajstić information content (AvgIpc) is 2.35. The molecule has 0 fully saturated rings. The van der Waals surface area contributed by atoms with Crippen LogP contribution >= 0.6 is 15.9 Å². The lowest BCUT2D eigenvalue weighted by atomic mass is 9.88. The molecule has 2 N–H and O–H groups in total. The summed E-state index contributed by atoms with van der Waals surface area (Å²) in [7, 11) is 1.57. The van der Waals surface area contributed by atoms with Gasteiger partial charge in [-0.25, -0.2) is 4.98 Å². The van der Waals surface area contributed by atoms with Crippen molar-refractivity contribution in [1.82, 2.24) is 9.97 Å². The zero-order chi connectivity index (χ0) is 13.6. The molecule has 18 heavy (non-hydrogen) atoms. The summed E-state index contributed by atoms with van der Waals surface area (Å²) in [5, 5.41) is 12.0. The number of aromatic nitrogens is 2. The number of anilines is 1. The SMILES string of the molecule is COc1nc(NCC(C)(C)CCCO)ncc1Br. The summed E-state index contributed by atoms with van der Waals surface area (Å²) in [4.78, 5) is 8.41. The fourth-order valence-electron chi connectivity index (χ4n) is 1.54. The van der Waals surface area contributed by atoms with E-state index in [2.05, 4.69) is 45.1 Å². The molecule has 0 atom stereocenters. The number of rotatable bonds is 7. The molecule has 1 rings (SSSR count). The molecule has 6 heteroatoms. The van der Waals surface area contributed by atoms with E-state index in [1.807, 2.05) is 0 Å². The topological polar surface area (TPSA) is 67.3 Å². The van der Waals surface area contributed by atoms with Crippen LogP contribution in [0.2, 0.25) is 0 Å². The van der Waals surface area contributed by atoms with Crippen molar-refractivity contribution >= 4 is 21.9 Å². The highest BCUT2D eigenvalue weighted by Gasteiger charge is 2.17. The monoisotopic (exact) mass is 317 g/mol. The van der Waals surface area contributed by atoms with Crippen LogP contribution in [0.1, 0.15) is 26.7 Å². The van der Waals surface area contributed by atoms with Crippen LogP contribution in [0.3, 0.4) is 0 Å². The summed E-state index contributed by atoms with van der Waals surface area (Å²) >= 11 is 3.31. The molecule has 0 bridgehead atoms. The van der Waals surface area contributed by atoms with Crippen LogP contribution in [0.5, 0.6) is 5.88 Å². The van der Waals surface area contributed by atoms with Gasteiger partial charge in [0.25, 0.3) is 0 Å². The molecule has 1 aromatic rings. The number of nitrogens with zero attached hydrogens (tertiary/aromatic N) is 2. The minimum absolute atomic E-state index is 0.0897. The number of halogens is 1. The van der Waals surface area contributed by atoms with Crippen molar-refractivity contribution in [1.29, 1.82) is 0 Å². The van der Waals surface area contributed by atoms with Crippen LogP contribution < -0.4 is 10.1 Å². The lowest BCUT2D eigenvalue weighted by Gasteiger charge is -2.24. The highest BCUT2D eigenvalue weighted by atomic mass is 79.9. The van der Waals surface area contributed by atoms with Gasteiger partial charge in [0.15, 0.2) is 0 Å². The van der Waals surface area contributed by atoms with Crippen LogP contribution in [0.4, 0.5) is 5.95 Å². The van der Waals surface area contributed by atoms with E-state index in [9.17, 15) is 0 Å². The van der Waals surface area contributed by atoms with Crippen molar-refractivity contribution in [3.8, 4) is 5.88 Å². The molecular weight excluding hydrogens is 298 g/mol. The maximum absolute atomic E-state index is 8.85. The zero-order valence-electron chi connectivity index (χ0n) is 11.0. The third-order valence-electron chi connectivity index (χ3n) is 2.64. The Labute approximate surface area is 116 Å². The smallest absolute Gasteiger partial charge is 0.232 e. The summed E-state index contributed by atoms with van der Waals surface area (Å²) in [5.74, 6) is 1.06. The molecule has 102 valence electrons. The number of aliphatic hydroxyl groups is 1. The van der Waals surface area contributed by atoms with Gasteiger partial charge in [0.05, 0.1) is 17.8 Å². The first-order valence-corrected chi connectivity index (χ1v) is 6.69. The average molecular weight is 318 g/mol. The van der Waals surface area contributed by atoms with E-state index < -0.39 is 0 Å². The van der Waals surface area contributed by atoms with E-state index in [-0.39, 0.29) is 12.0 Å². The minimum atomic E-state index is 0.0897. The molecule has 0 amide bonds. The molecule has 1 heterocycles. The Kier molecular flexibility index (Phi) is 5.81. The quantitative estimate of drug-likeness (QED) is 0.808. The van der Waals surface area contributed by atoms with E-state index in [1.54, 1.807) is 13.3 Å². The van der Waals surface area contributed by atoms with Crippen molar-refractivity contribution in [3.05, 3.63) is 10.7 Å². The summed E-state index contributed by atoms with van der Waals surface area (Å²) < 4.78 is 5.84. The van der Waals surface area contributed by atoms with E-state index in [0.717, 1.165) is 23.9 Å². The molecule has 0 saturated carbocycles. The van der Waals surface area contributed by atoms with Crippen molar-refractivity contribution < 1.29 is 9.84 Å². The second kappa shape index (κ2) is 6.89. The first-order chi connectivity index (χ1) is 8.48. The van der Waals surface area contributed by atoms with Gasteiger partial charge in [0.2, 0.25) is 11.8 Å². The number of methoxy groups -OCH3 is 1. The third-order valence-corrected chi connectivity index (χ3v) is 3.19.